The van der Waals surface area contributed by atoms with Crippen molar-refractivity contribution in [2.75, 3.05) is 19.8 Å². The zero-order valence-corrected chi connectivity index (χ0v) is 12.0. The first kappa shape index (κ1) is 15.5. The summed E-state index contributed by atoms with van der Waals surface area (Å²) >= 11 is 0. The van der Waals surface area contributed by atoms with Crippen molar-refractivity contribution in [1.29, 1.82) is 0 Å². The molecule has 1 amide bonds. The monoisotopic (exact) mass is 291 g/mol. The molecule has 2 rings (SSSR count). The molecule has 1 aromatic rings. The molecule has 0 saturated carbocycles. The number of rotatable bonds is 6. The van der Waals surface area contributed by atoms with Crippen molar-refractivity contribution in [2.45, 2.75) is 31.7 Å². The molecule has 0 aromatic heterocycles. The van der Waals surface area contributed by atoms with Crippen LogP contribution in [0.25, 0.3) is 0 Å². The van der Waals surface area contributed by atoms with E-state index >= 15 is 0 Å². The fraction of sp³-hybridized carbons (Fsp3) is 0.500. The Morgan fingerprint density at radius 3 is 2.71 bits per heavy atom. The van der Waals surface area contributed by atoms with E-state index in [-0.39, 0.29) is 12.5 Å². The SMILES string of the molecule is O=C(O)[C@H]1CCCCN1C(=O)COCCc1ccccc1. The molecule has 1 N–H and O–H groups in total. The van der Waals surface area contributed by atoms with E-state index in [0.29, 0.717) is 19.6 Å². The second-order valence-electron chi connectivity index (χ2n) is 5.23. The van der Waals surface area contributed by atoms with E-state index in [0.717, 1.165) is 24.8 Å². The molecule has 1 aliphatic rings. The van der Waals surface area contributed by atoms with Crippen LogP contribution in [0, 0.1) is 0 Å². The topological polar surface area (TPSA) is 66.8 Å². The van der Waals surface area contributed by atoms with Crippen LogP contribution in [0.1, 0.15) is 24.8 Å². The molecule has 1 fully saturated rings. The second kappa shape index (κ2) is 7.78. The van der Waals surface area contributed by atoms with Gasteiger partial charge < -0.3 is 14.7 Å². The summed E-state index contributed by atoms with van der Waals surface area (Å²) in [5.41, 5.74) is 1.16. The number of nitrogens with zero attached hydrogens (tertiary/aromatic N) is 1. The predicted molar refractivity (Wildman–Crippen MR) is 78.0 cm³/mol. The number of aliphatic carboxylic acids is 1. The lowest BCUT2D eigenvalue weighted by Gasteiger charge is -2.32. The molecule has 0 bridgehead atoms. The van der Waals surface area contributed by atoms with Gasteiger partial charge in [-0.05, 0) is 31.2 Å². The number of carboxylic acid groups (broad SMARTS) is 1. The number of carbonyl (C=O) groups is 2. The van der Waals surface area contributed by atoms with E-state index in [4.69, 9.17) is 9.84 Å². The van der Waals surface area contributed by atoms with Crippen LogP contribution in [0.2, 0.25) is 0 Å². The van der Waals surface area contributed by atoms with E-state index in [2.05, 4.69) is 0 Å². The van der Waals surface area contributed by atoms with Gasteiger partial charge in [-0.2, -0.15) is 0 Å². The van der Waals surface area contributed by atoms with Crippen LogP contribution in [0.5, 0.6) is 0 Å². The summed E-state index contributed by atoms with van der Waals surface area (Å²) in [4.78, 5) is 24.7. The van der Waals surface area contributed by atoms with Crippen molar-refractivity contribution < 1.29 is 19.4 Å². The molecule has 1 saturated heterocycles. The number of piperidine rings is 1. The second-order valence-corrected chi connectivity index (χ2v) is 5.23. The minimum absolute atomic E-state index is 0.0450. The van der Waals surface area contributed by atoms with E-state index in [9.17, 15) is 9.59 Å². The first-order valence-electron chi connectivity index (χ1n) is 7.32. The zero-order chi connectivity index (χ0) is 15.1. The Bertz CT molecular complexity index is 474. The highest BCUT2D eigenvalue weighted by Gasteiger charge is 2.31. The molecule has 1 aromatic carbocycles. The van der Waals surface area contributed by atoms with Gasteiger partial charge >= 0.3 is 5.97 Å². The van der Waals surface area contributed by atoms with E-state index in [1.54, 1.807) is 0 Å². The fourth-order valence-electron chi connectivity index (χ4n) is 2.56. The number of benzene rings is 1. The van der Waals surface area contributed by atoms with Crippen LogP contribution in [-0.2, 0) is 20.7 Å². The molecule has 1 atom stereocenters. The van der Waals surface area contributed by atoms with Crippen molar-refractivity contribution in [3.05, 3.63) is 35.9 Å². The average Bonchev–Trinajstić information content (AvgIpc) is 2.52. The van der Waals surface area contributed by atoms with Gasteiger partial charge in [0.05, 0.1) is 6.61 Å². The Labute approximate surface area is 124 Å². The number of hydrogen-bond acceptors (Lipinski definition) is 3. The highest BCUT2D eigenvalue weighted by Crippen LogP contribution is 2.17. The van der Waals surface area contributed by atoms with Crippen molar-refractivity contribution in [1.82, 2.24) is 4.90 Å². The molecule has 114 valence electrons. The number of ether oxygens (including phenoxy) is 1. The third-order valence-corrected chi connectivity index (χ3v) is 3.71. The van der Waals surface area contributed by atoms with Crippen LogP contribution in [-0.4, -0.2) is 47.7 Å². The summed E-state index contributed by atoms with van der Waals surface area (Å²) in [6.45, 7) is 0.926. The Morgan fingerprint density at radius 1 is 1.24 bits per heavy atom. The van der Waals surface area contributed by atoms with Crippen LogP contribution < -0.4 is 0 Å². The molecular weight excluding hydrogens is 270 g/mol. The summed E-state index contributed by atoms with van der Waals surface area (Å²) in [5, 5.41) is 9.14. The zero-order valence-electron chi connectivity index (χ0n) is 12.0. The third kappa shape index (κ3) is 4.56. The Hall–Kier alpha value is -1.88. The quantitative estimate of drug-likeness (QED) is 0.810. The Kier molecular flexibility index (Phi) is 5.75. The smallest absolute Gasteiger partial charge is 0.326 e. The van der Waals surface area contributed by atoms with E-state index < -0.39 is 12.0 Å². The van der Waals surface area contributed by atoms with Crippen LogP contribution in [0.3, 0.4) is 0 Å². The lowest BCUT2D eigenvalue weighted by Crippen LogP contribution is -2.49. The third-order valence-electron chi connectivity index (χ3n) is 3.71. The van der Waals surface area contributed by atoms with Gasteiger partial charge in [0.25, 0.3) is 0 Å². The van der Waals surface area contributed by atoms with Gasteiger partial charge in [0.15, 0.2) is 0 Å². The Balaban J connectivity index is 1.74. The summed E-state index contributed by atoms with van der Waals surface area (Å²) in [6.07, 6.45) is 3.00. The van der Waals surface area contributed by atoms with Crippen molar-refractivity contribution in [3.8, 4) is 0 Å². The maximum atomic E-state index is 12.1. The van der Waals surface area contributed by atoms with E-state index in [1.807, 2.05) is 30.3 Å². The number of likely N-dealkylation sites (tertiary alicyclic amines) is 1. The summed E-state index contributed by atoms with van der Waals surface area (Å²) in [6, 6.07) is 9.21. The molecule has 5 heteroatoms. The average molecular weight is 291 g/mol. The minimum atomic E-state index is -0.924. The number of carbonyl (C=O) groups excluding carboxylic acids is 1. The van der Waals surface area contributed by atoms with Gasteiger partial charge in [-0.15, -0.1) is 0 Å². The van der Waals surface area contributed by atoms with Crippen molar-refractivity contribution in [3.63, 3.8) is 0 Å². The highest BCUT2D eigenvalue weighted by atomic mass is 16.5. The maximum absolute atomic E-state index is 12.1. The van der Waals surface area contributed by atoms with E-state index in [1.165, 1.54) is 4.90 Å². The molecule has 0 spiro atoms. The van der Waals surface area contributed by atoms with Crippen LogP contribution in [0.15, 0.2) is 30.3 Å². The number of carboxylic acids is 1. The summed E-state index contributed by atoms with van der Waals surface area (Å²) in [5.74, 6) is -1.15. The van der Waals surface area contributed by atoms with Gasteiger partial charge in [0, 0.05) is 6.54 Å². The summed E-state index contributed by atoms with van der Waals surface area (Å²) < 4.78 is 5.40. The molecule has 1 heterocycles. The lowest BCUT2D eigenvalue weighted by molar-refractivity contribution is -0.154. The number of hydrogen-bond donors (Lipinski definition) is 1. The first-order valence-corrected chi connectivity index (χ1v) is 7.32. The molecule has 1 aliphatic heterocycles. The minimum Gasteiger partial charge on any atom is -0.480 e. The molecule has 0 unspecified atom stereocenters. The van der Waals surface area contributed by atoms with Gasteiger partial charge in [-0.3, -0.25) is 4.79 Å². The standard InChI is InChI=1S/C16H21NO4/c18-15(17-10-5-4-8-14(17)16(19)20)12-21-11-9-13-6-2-1-3-7-13/h1-3,6-7,14H,4-5,8-12H2,(H,19,20)/t14-/m1/s1. The van der Waals surface area contributed by atoms with Gasteiger partial charge in [-0.25, -0.2) is 4.79 Å². The van der Waals surface area contributed by atoms with Crippen molar-refractivity contribution >= 4 is 11.9 Å². The lowest BCUT2D eigenvalue weighted by atomic mass is 10.0. The predicted octanol–water partition coefficient (Wildman–Crippen LogP) is 1.71. The number of amides is 1. The van der Waals surface area contributed by atoms with Crippen LogP contribution >= 0.6 is 0 Å². The van der Waals surface area contributed by atoms with Gasteiger partial charge in [-0.1, -0.05) is 30.3 Å². The van der Waals surface area contributed by atoms with Gasteiger partial charge in [0.1, 0.15) is 12.6 Å². The molecule has 0 aliphatic carbocycles. The molecular formula is C16H21NO4. The van der Waals surface area contributed by atoms with Crippen molar-refractivity contribution in [2.24, 2.45) is 0 Å². The first-order chi connectivity index (χ1) is 10.2. The normalized spacial score (nSPS) is 18.5. The largest absolute Gasteiger partial charge is 0.480 e. The van der Waals surface area contributed by atoms with Crippen LogP contribution in [0.4, 0.5) is 0 Å². The Morgan fingerprint density at radius 2 is 2.00 bits per heavy atom. The molecule has 0 radical (unpaired) electrons. The molecule has 5 nitrogen and oxygen atoms in total. The molecule has 21 heavy (non-hydrogen) atoms. The fourth-order valence-corrected chi connectivity index (χ4v) is 2.56. The summed E-state index contributed by atoms with van der Waals surface area (Å²) in [7, 11) is 0. The van der Waals surface area contributed by atoms with Gasteiger partial charge in [0.2, 0.25) is 5.91 Å². The highest BCUT2D eigenvalue weighted by molar-refractivity contribution is 5.84. The maximum Gasteiger partial charge on any atom is 0.326 e.